The summed E-state index contributed by atoms with van der Waals surface area (Å²) in [7, 11) is 0. The quantitative estimate of drug-likeness (QED) is 0.770. The van der Waals surface area contributed by atoms with Gasteiger partial charge in [0.25, 0.3) is 0 Å². The average Bonchev–Trinajstić information content (AvgIpc) is 2.13. The monoisotopic (exact) mass is 215 g/mol. The fourth-order valence-corrected chi connectivity index (χ4v) is 0.983. The molecule has 1 aromatic carbocycles. The molecule has 0 fully saturated rings. The molecule has 0 spiro atoms. The first-order valence-electron chi connectivity index (χ1n) is 4.10. The minimum absolute atomic E-state index is 0.0411. The lowest BCUT2D eigenvalue weighted by Crippen LogP contribution is -2.07. The van der Waals surface area contributed by atoms with Gasteiger partial charge in [-0.3, -0.25) is 4.79 Å². The normalized spacial score (nSPS) is 10.9. The van der Waals surface area contributed by atoms with Gasteiger partial charge in [0.05, 0.1) is 0 Å². The van der Waals surface area contributed by atoms with Crippen molar-refractivity contribution in [2.24, 2.45) is 5.73 Å². The van der Waals surface area contributed by atoms with E-state index in [1.54, 1.807) is 0 Å². The molecule has 0 atom stereocenters. The Morgan fingerprint density at radius 3 is 2.27 bits per heavy atom. The molecule has 0 aliphatic heterocycles. The van der Waals surface area contributed by atoms with E-state index in [-0.39, 0.29) is 12.0 Å². The first kappa shape index (κ1) is 11.3. The molecule has 0 unspecified atom stereocenters. The first-order valence-corrected chi connectivity index (χ1v) is 4.10. The summed E-state index contributed by atoms with van der Waals surface area (Å²) in [5, 5.41) is 0. The number of nitrogens with two attached hydrogens (primary N) is 1. The highest BCUT2D eigenvalue weighted by molar-refractivity contribution is 5.76. The van der Waals surface area contributed by atoms with Gasteiger partial charge < -0.3 is 5.73 Å². The van der Waals surface area contributed by atoms with E-state index in [9.17, 15) is 18.0 Å². The van der Waals surface area contributed by atoms with Crippen LogP contribution in [0.25, 0.3) is 6.08 Å². The molecule has 0 aliphatic carbocycles. The third kappa shape index (κ3) is 3.12. The molecule has 1 aromatic rings. The molecule has 1 rings (SSSR count). The Labute approximate surface area is 84.2 Å². The van der Waals surface area contributed by atoms with E-state index >= 15 is 0 Å². The number of hydrogen-bond donors (Lipinski definition) is 1. The Morgan fingerprint density at radius 2 is 1.80 bits per heavy atom. The predicted octanol–water partition coefficient (Wildman–Crippen LogP) is 1.99. The molecule has 15 heavy (non-hydrogen) atoms. The maximum Gasteiger partial charge on any atom is 0.221 e. The number of halogens is 3. The van der Waals surface area contributed by atoms with Gasteiger partial charge in [-0.25, -0.2) is 13.2 Å². The molecule has 2 nitrogen and oxygen atoms in total. The fraction of sp³-hybridized carbons (Fsp3) is 0.100. The lowest BCUT2D eigenvalue weighted by molar-refractivity contribution is -0.117. The molecule has 0 radical (unpaired) electrons. The highest BCUT2D eigenvalue weighted by Gasteiger charge is 2.08. The van der Waals surface area contributed by atoms with Crippen LogP contribution in [0, 0.1) is 17.5 Å². The van der Waals surface area contributed by atoms with Crippen molar-refractivity contribution in [3.8, 4) is 0 Å². The summed E-state index contributed by atoms with van der Waals surface area (Å²) in [6.07, 6.45) is 2.59. The molecule has 2 N–H and O–H groups in total. The summed E-state index contributed by atoms with van der Waals surface area (Å²) in [6.45, 7) is 0. The Hall–Kier alpha value is -1.78. The third-order valence-electron chi connectivity index (χ3n) is 1.64. The van der Waals surface area contributed by atoms with Crippen LogP contribution in [0.15, 0.2) is 18.2 Å². The van der Waals surface area contributed by atoms with E-state index in [2.05, 4.69) is 0 Å². The predicted molar refractivity (Wildman–Crippen MR) is 49.2 cm³/mol. The lowest BCUT2D eigenvalue weighted by atomic mass is 10.2. The van der Waals surface area contributed by atoms with Crippen LogP contribution in [0.1, 0.15) is 12.0 Å². The molecule has 80 valence electrons. The molecule has 0 saturated heterocycles. The molecule has 0 aliphatic rings. The van der Waals surface area contributed by atoms with Crippen molar-refractivity contribution in [3.63, 3.8) is 0 Å². The van der Waals surface area contributed by atoms with Gasteiger partial charge in [0.2, 0.25) is 5.91 Å². The summed E-state index contributed by atoms with van der Waals surface area (Å²) in [4.78, 5) is 10.3. The molecular weight excluding hydrogens is 207 g/mol. The number of hydrogen-bond acceptors (Lipinski definition) is 1. The second kappa shape index (κ2) is 4.63. The Kier molecular flexibility index (Phi) is 3.49. The van der Waals surface area contributed by atoms with Crippen LogP contribution in [-0.2, 0) is 4.79 Å². The molecule has 0 saturated carbocycles. The minimum atomic E-state index is -1.51. The van der Waals surface area contributed by atoms with E-state index in [1.807, 2.05) is 0 Å². The average molecular weight is 215 g/mol. The summed E-state index contributed by atoms with van der Waals surface area (Å²) in [6, 6.07) is 1.66. The topological polar surface area (TPSA) is 43.1 Å². The van der Waals surface area contributed by atoms with E-state index in [0.717, 1.165) is 12.1 Å². The van der Waals surface area contributed by atoms with Crippen LogP contribution >= 0.6 is 0 Å². The van der Waals surface area contributed by atoms with Crippen LogP contribution in [0.2, 0.25) is 0 Å². The summed E-state index contributed by atoms with van der Waals surface area (Å²) >= 11 is 0. The van der Waals surface area contributed by atoms with Gasteiger partial charge in [-0.15, -0.1) is 0 Å². The van der Waals surface area contributed by atoms with Crippen LogP contribution in [0.5, 0.6) is 0 Å². The Balaban J connectivity index is 2.87. The van der Waals surface area contributed by atoms with Gasteiger partial charge in [0.15, 0.2) is 17.5 Å². The van der Waals surface area contributed by atoms with E-state index in [1.165, 1.54) is 12.2 Å². The minimum Gasteiger partial charge on any atom is -0.369 e. The van der Waals surface area contributed by atoms with Crippen molar-refractivity contribution in [2.45, 2.75) is 6.42 Å². The van der Waals surface area contributed by atoms with Crippen molar-refractivity contribution < 1.29 is 18.0 Å². The van der Waals surface area contributed by atoms with Crippen molar-refractivity contribution in [1.29, 1.82) is 0 Å². The van der Waals surface area contributed by atoms with Gasteiger partial charge in [-0.1, -0.05) is 12.2 Å². The van der Waals surface area contributed by atoms with Gasteiger partial charge >= 0.3 is 0 Å². The van der Waals surface area contributed by atoms with Gasteiger partial charge in [-0.05, 0) is 17.7 Å². The zero-order chi connectivity index (χ0) is 11.4. The smallest absolute Gasteiger partial charge is 0.221 e. The van der Waals surface area contributed by atoms with Crippen molar-refractivity contribution in [1.82, 2.24) is 0 Å². The van der Waals surface area contributed by atoms with Crippen molar-refractivity contribution >= 4 is 12.0 Å². The second-order valence-corrected chi connectivity index (χ2v) is 2.87. The number of rotatable bonds is 3. The van der Waals surface area contributed by atoms with Crippen LogP contribution in [0.4, 0.5) is 13.2 Å². The van der Waals surface area contributed by atoms with E-state index in [0.29, 0.717) is 0 Å². The van der Waals surface area contributed by atoms with Gasteiger partial charge in [-0.2, -0.15) is 0 Å². The van der Waals surface area contributed by atoms with E-state index in [4.69, 9.17) is 5.73 Å². The number of amides is 1. The maximum atomic E-state index is 12.7. The van der Waals surface area contributed by atoms with Crippen LogP contribution < -0.4 is 5.73 Å². The zero-order valence-corrected chi connectivity index (χ0v) is 7.64. The zero-order valence-electron chi connectivity index (χ0n) is 7.64. The maximum absolute atomic E-state index is 12.7. The van der Waals surface area contributed by atoms with Crippen LogP contribution in [-0.4, -0.2) is 5.91 Å². The lowest BCUT2D eigenvalue weighted by Gasteiger charge is -1.97. The van der Waals surface area contributed by atoms with Gasteiger partial charge in [0, 0.05) is 6.42 Å². The van der Waals surface area contributed by atoms with Gasteiger partial charge in [0.1, 0.15) is 0 Å². The largest absolute Gasteiger partial charge is 0.369 e. The highest BCUT2D eigenvalue weighted by atomic mass is 19.2. The standard InChI is InChI=1S/C10H8F3NO/c11-7-4-6(2-1-3-9(14)15)5-8(12)10(7)13/h1-2,4-5H,3H2,(H2,14,15). The second-order valence-electron chi connectivity index (χ2n) is 2.87. The van der Waals surface area contributed by atoms with Crippen molar-refractivity contribution in [3.05, 3.63) is 41.2 Å². The molecular formula is C10H8F3NO. The number of carbonyl (C=O) groups is 1. The van der Waals surface area contributed by atoms with E-state index < -0.39 is 23.4 Å². The number of primary amides is 1. The number of carbonyl (C=O) groups excluding carboxylic acids is 1. The molecule has 0 bridgehead atoms. The highest BCUT2D eigenvalue weighted by Crippen LogP contribution is 2.14. The SMILES string of the molecule is NC(=O)CC=Cc1cc(F)c(F)c(F)c1. The molecule has 5 heteroatoms. The Bertz CT molecular complexity index is 392. The summed E-state index contributed by atoms with van der Waals surface area (Å²) < 4.78 is 37.9. The first-order chi connectivity index (χ1) is 7.00. The fourth-order valence-electron chi connectivity index (χ4n) is 0.983. The van der Waals surface area contributed by atoms with Crippen LogP contribution in [0.3, 0.4) is 0 Å². The molecule has 0 aromatic heterocycles. The molecule has 0 heterocycles. The molecule has 1 amide bonds. The third-order valence-corrected chi connectivity index (χ3v) is 1.64. The number of benzene rings is 1. The Morgan fingerprint density at radius 1 is 1.27 bits per heavy atom. The summed E-state index contributed by atoms with van der Waals surface area (Å²) in [5.41, 5.74) is 4.97. The summed E-state index contributed by atoms with van der Waals surface area (Å²) in [5.74, 6) is -4.61. The van der Waals surface area contributed by atoms with Crippen molar-refractivity contribution in [2.75, 3.05) is 0 Å².